The van der Waals surface area contributed by atoms with Crippen molar-refractivity contribution in [1.29, 1.82) is 0 Å². The zero-order valence-electron chi connectivity index (χ0n) is 17.2. The molecule has 0 saturated heterocycles. The van der Waals surface area contributed by atoms with Gasteiger partial charge in [0.1, 0.15) is 16.6 Å². The Morgan fingerprint density at radius 1 is 1.06 bits per heavy atom. The second-order valence-electron chi connectivity index (χ2n) is 7.35. The number of amides is 1. The largest absolute Gasteiger partial charge is 0.438 e. The molecule has 164 valence electrons. The number of carbonyl (C=O) groups excluding carboxylic acids is 1. The Bertz CT molecular complexity index is 1350. The molecule has 2 heterocycles. The van der Waals surface area contributed by atoms with Gasteiger partial charge in [-0.3, -0.25) is 4.79 Å². The second-order valence-corrected chi connectivity index (χ2v) is 8.73. The Hall–Kier alpha value is -3.42. The summed E-state index contributed by atoms with van der Waals surface area (Å²) in [6, 6.07) is 21.5. The minimum atomic E-state index is -0.537. The molecular weight excluding hydrogens is 461 g/mol. The molecule has 1 N–H and O–H groups in total. The SMILES string of the molecule is O=C(CSc1nc(-c2ccccc2)nc2c1Cc1ccccc1O2)Nc1ccc(F)c(Cl)c1. The maximum absolute atomic E-state index is 13.4. The standard InChI is InChI=1S/C25H17ClFN3O2S/c26-19-13-17(10-11-20(19)27)28-22(31)14-33-25-18-12-16-8-4-5-9-21(16)32-24(18)29-23(30-25)15-6-2-1-3-7-15/h1-11,13H,12,14H2,(H,28,31). The van der Waals surface area contributed by atoms with Gasteiger partial charge >= 0.3 is 0 Å². The molecular formula is C25H17ClFN3O2S. The third-order valence-corrected chi connectivity index (χ3v) is 6.36. The number of ether oxygens (including phenoxy) is 1. The minimum absolute atomic E-state index is 0.0476. The van der Waals surface area contributed by atoms with Crippen molar-refractivity contribution in [1.82, 2.24) is 9.97 Å². The van der Waals surface area contributed by atoms with Gasteiger partial charge in [0, 0.05) is 17.7 Å². The molecule has 5 rings (SSSR count). The molecule has 1 aliphatic rings. The molecule has 33 heavy (non-hydrogen) atoms. The van der Waals surface area contributed by atoms with Gasteiger partial charge in [-0.2, -0.15) is 4.98 Å². The minimum Gasteiger partial charge on any atom is -0.438 e. The van der Waals surface area contributed by atoms with Crippen LogP contribution in [-0.2, 0) is 11.2 Å². The lowest BCUT2D eigenvalue weighted by Gasteiger charge is -2.21. The summed E-state index contributed by atoms with van der Waals surface area (Å²) in [7, 11) is 0. The van der Waals surface area contributed by atoms with Crippen LogP contribution >= 0.6 is 23.4 Å². The van der Waals surface area contributed by atoms with Gasteiger partial charge in [0.05, 0.1) is 16.3 Å². The van der Waals surface area contributed by atoms with Crippen LogP contribution in [0.25, 0.3) is 11.4 Å². The van der Waals surface area contributed by atoms with Crippen LogP contribution in [0.1, 0.15) is 11.1 Å². The van der Waals surface area contributed by atoms with E-state index in [1.165, 1.54) is 30.0 Å². The molecule has 1 aromatic heterocycles. The van der Waals surface area contributed by atoms with Gasteiger partial charge in [-0.05, 0) is 29.8 Å². The molecule has 1 amide bonds. The van der Waals surface area contributed by atoms with Crippen molar-refractivity contribution in [2.45, 2.75) is 11.4 Å². The summed E-state index contributed by atoms with van der Waals surface area (Å²) in [5.74, 6) is 1.11. The van der Waals surface area contributed by atoms with E-state index in [-0.39, 0.29) is 16.7 Å². The van der Waals surface area contributed by atoms with E-state index >= 15 is 0 Å². The number of thioether (sulfide) groups is 1. The number of aromatic nitrogens is 2. The average molecular weight is 478 g/mol. The summed E-state index contributed by atoms with van der Waals surface area (Å²) in [5, 5.41) is 3.37. The number of nitrogens with zero attached hydrogens (tertiary/aromatic N) is 2. The van der Waals surface area contributed by atoms with E-state index in [0.29, 0.717) is 28.8 Å². The lowest BCUT2D eigenvalue weighted by atomic mass is 10.0. The number of hydrogen-bond acceptors (Lipinski definition) is 5. The molecule has 0 spiro atoms. The predicted molar refractivity (Wildman–Crippen MR) is 128 cm³/mol. The second kappa shape index (κ2) is 9.21. The topological polar surface area (TPSA) is 64.1 Å². The summed E-state index contributed by atoms with van der Waals surface area (Å²) < 4.78 is 19.5. The molecule has 4 aromatic rings. The van der Waals surface area contributed by atoms with Crippen molar-refractivity contribution in [3.63, 3.8) is 0 Å². The number of anilines is 1. The quantitative estimate of drug-likeness (QED) is 0.235. The number of hydrogen-bond donors (Lipinski definition) is 1. The first kappa shape index (κ1) is 21.4. The van der Waals surface area contributed by atoms with Gasteiger partial charge in [-0.25, -0.2) is 9.37 Å². The van der Waals surface area contributed by atoms with E-state index in [1.807, 2.05) is 54.6 Å². The number of halogens is 2. The van der Waals surface area contributed by atoms with Gasteiger partial charge in [0.2, 0.25) is 11.8 Å². The molecule has 0 saturated carbocycles. The third kappa shape index (κ3) is 4.69. The monoisotopic (exact) mass is 477 g/mol. The van der Waals surface area contributed by atoms with Gasteiger partial charge in [-0.15, -0.1) is 0 Å². The van der Waals surface area contributed by atoms with E-state index < -0.39 is 5.82 Å². The maximum atomic E-state index is 13.4. The molecule has 8 heteroatoms. The van der Waals surface area contributed by atoms with Crippen molar-refractivity contribution in [2.24, 2.45) is 0 Å². The number of benzene rings is 3. The first-order chi connectivity index (χ1) is 16.1. The van der Waals surface area contributed by atoms with Gasteiger partial charge < -0.3 is 10.1 Å². The Labute approximate surface area is 199 Å². The summed E-state index contributed by atoms with van der Waals surface area (Å²) in [5.41, 5.74) is 3.17. The average Bonchev–Trinajstić information content (AvgIpc) is 2.84. The highest BCUT2D eigenvalue weighted by Gasteiger charge is 2.24. The molecule has 0 atom stereocenters. The summed E-state index contributed by atoms with van der Waals surface area (Å²) in [6.07, 6.45) is 0.609. The van der Waals surface area contributed by atoms with Crippen LogP contribution in [0.2, 0.25) is 5.02 Å². The predicted octanol–water partition coefficient (Wildman–Crippen LogP) is 6.36. The Balaban J connectivity index is 1.42. The summed E-state index contributed by atoms with van der Waals surface area (Å²) in [4.78, 5) is 22.0. The van der Waals surface area contributed by atoms with Crippen LogP contribution in [0.3, 0.4) is 0 Å². The first-order valence-electron chi connectivity index (χ1n) is 10.2. The normalized spacial score (nSPS) is 11.8. The number of nitrogens with one attached hydrogen (secondary N) is 1. The fourth-order valence-electron chi connectivity index (χ4n) is 3.46. The zero-order valence-corrected chi connectivity index (χ0v) is 18.8. The fraction of sp³-hybridized carbons (Fsp3) is 0.0800. The molecule has 3 aromatic carbocycles. The molecule has 0 fully saturated rings. The molecule has 0 radical (unpaired) electrons. The highest BCUT2D eigenvalue weighted by atomic mass is 35.5. The van der Waals surface area contributed by atoms with E-state index in [4.69, 9.17) is 21.3 Å². The van der Waals surface area contributed by atoms with Crippen molar-refractivity contribution in [3.05, 3.63) is 94.8 Å². The van der Waals surface area contributed by atoms with Crippen LogP contribution in [0.15, 0.2) is 77.8 Å². The smallest absolute Gasteiger partial charge is 0.234 e. The summed E-state index contributed by atoms with van der Waals surface area (Å²) in [6.45, 7) is 0. The molecule has 1 aliphatic heterocycles. The number of carbonyl (C=O) groups is 1. The van der Waals surface area contributed by atoms with E-state index in [9.17, 15) is 9.18 Å². The number of rotatable bonds is 5. The fourth-order valence-corrected chi connectivity index (χ4v) is 4.47. The van der Waals surface area contributed by atoms with E-state index in [2.05, 4.69) is 10.3 Å². The first-order valence-corrected chi connectivity index (χ1v) is 11.5. The van der Waals surface area contributed by atoms with Crippen LogP contribution < -0.4 is 10.1 Å². The summed E-state index contributed by atoms with van der Waals surface area (Å²) >= 11 is 7.11. The van der Waals surface area contributed by atoms with Crippen molar-refractivity contribution in [3.8, 4) is 23.0 Å². The van der Waals surface area contributed by atoms with E-state index in [0.717, 1.165) is 22.4 Å². The molecule has 0 aliphatic carbocycles. The van der Waals surface area contributed by atoms with Crippen LogP contribution in [0.4, 0.5) is 10.1 Å². The maximum Gasteiger partial charge on any atom is 0.234 e. The van der Waals surface area contributed by atoms with Crippen LogP contribution in [0.5, 0.6) is 11.6 Å². The zero-order chi connectivity index (χ0) is 22.8. The molecule has 5 nitrogen and oxygen atoms in total. The highest BCUT2D eigenvalue weighted by Crippen LogP contribution is 2.40. The van der Waals surface area contributed by atoms with Crippen molar-refractivity contribution >= 4 is 35.0 Å². The van der Waals surface area contributed by atoms with Crippen LogP contribution in [-0.4, -0.2) is 21.6 Å². The van der Waals surface area contributed by atoms with E-state index in [1.54, 1.807) is 0 Å². The lowest BCUT2D eigenvalue weighted by Crippen LogP contribution is -2.15. The van der Waals surface area contributed by atoms with Gasteiger partial charge in [0.15, 0.2) is 5.82 Å². The van der Waals surface area contributed by atoms with Gasteiger partial charge in [0.25, 0.3) is 0 Å². The van der Waals surface area contributed by atoms with Gasteiger partial charge in [-0.1, -0.05) is 71.9 Å². The Morgan fingerprint density at radius 2 is 1.85 bits per heavy atom. The number of fused-ring (bicyclic) bond motifs is 2. The Morgan fingerprint density at radius 3 is 2.67 bits per heavy atom. The Kier molecular flexibility index (Phi) is 5.98. The van der Waals surface area contributed by atoms with Crippen molar-refractivity contribution < 1.29 is 13.9 Å². The highest BCUT2D eigenvalue weighted by molar-refractivity contribution is 8.00. The molecule has 0 bridgehead atoms. The van der Waals surface area contributed by atoms with Crippen LogP contribution in [0, 0.1) is 5.82 Å². The molecule has 0 unspecified atom stereocenters. The third-order valence-electron chi connectivity index (χ3n) is 5.05. The van der Waals surface area contributed by atoms with Crippen molar-refractivity contribution in [2.75, 3.05) is 11.1 Å². The number of para-hydroxylation sites is 1. The lowest BCUT2D eigenvalue weighted by molar-refractivity contribution is -0.113.